The van der Waals surface area contributed by atoms with E-state index in [2.05, 4.69) is 5.32 Å². The Kier molecular flexibility index (Phi) is 13.5. The molecule has 0 fully saturated rings. The molecule has 0 saturated heterocycles. The highest BCUT2D eigenvalue weighted by molar-refractivity contribution is 6.44. The second kappa shape index (κ2) is 13.6. The summed E-state index contributed by atoms with van der Waals surface area (Å²) in [5.74, 6) is 0. The molecule has 0 rings (SSSR count). The standard InChI is InChI=1S/C13H31N2O5Si/c1-5-17-13(18-6-2,19-7-3)20-21(16-4)12-8-10-15-11-9-14/h15H,5-12,14H2,1-4H3. The topological polar surface area (TPSA) is 84.2 Å². The molecule has 0 saturated carbocycles. The van der Waals surface area contributed by atoms with Crippen LogP contribution in [0, 0.1) is 0 Å². The van der Waals surface area contributed by atoms with Crippen molar-refractivity contribution in [1.82, 2.24) is 5.32 Å². The smallest absolute Gasteiger partial charge is 0.397 e. The third-order valence-corrected chi connectivity index (χ3v) is 4.18. The molecule has 0 aromatic heterocycles. The summed E-state index contributed by atoms with van der Waals surface area (Å²) in [7, 11) is 0.0958. The molecular formula is C13H31N2O5Si. The summed E-state index contributed by atoms with van der Waals surface area (Å²) in [5.41, 5.74) is 5.42. The van der Waals surface area contributed by atoms with E-state index in [1.54, 1.807) is 7.11 Å². The van der Waals surface area contributed by atoms with Gasteiger partial charge in [0.1, 0.15) is 0 Å². The average molecular weight is 323 g/mol. The summed E-state index contributed by atoms with van der Waals surface area (Å²) in [6.45, 7) is 9.22. The van der Waals surface area contributed by atoms with E-state index in [-0.39, 0.29) is 0 Å². The fourth-order valence-electron chi connectivity index (χ4n) is 1.66. The lowest BCUT2D eigenvalue weighted by Gasteiger charge is -2.33. The van der Waals surface area contributed by atoms with Crippen molar-refractivity contribution < 1.29 is 23.1 Å². The van der Waals surface area contributed by atoms with Gasteiger partial charge in [0.25, 0.3) is 0 Å². The van der Waals surface area contributed by atoms with Gasteiger partial charge < -0.3 is 34.1 Å². The van der Waals surface area contributed by atoms with Crippen molar-refractivity contribution in [2.24, 2.45) is 5.73 Å². The molecule has 0 aliphatic heterocycles. The number of hydrogen-bond donors (Lipinski definition) is 2. The Morgan fingerprint density at radius 2 is 1.57 bits per heavy atom. The molecule has 0 aromatic rings. The van der Waals surface area contributed by atoms with Gasteiger partial charge in [0, 0.05) is 20.2 Å². The first kappa shape index (κ1) is 20.9. The van der Waals surface area contributed by atoms with E-state index in [9.17, 15) is 0 Å². The average Bonchev–Trinajstić information content (AvgIpc) is 2.46. The number of hydrogen-bond acceptors (Lipinski definition) is 7. The van der Waals surface area contributed by atoms with Crippen LogP contribution in [0.3, 0.4) is 0 Å². The van der Waals surface area contributed by atoms with E-state index in [0.717, 1.165) is 25.6 Å². The summed E-state index contributed by atoms with van der Waals surface area (Å²) in [6, 6.07) is 0.799. The quantitative estimate of drug-likeness (QED) is 0.262. The minimum atomic E-state index is -1.54. The third-order valence-electron chi connectivity index (χ3n) is 2.49. The largest absolute Gasteiger partial charge is 0.404 e. The molecular weight excluding hydrogens is 292 g/mol. The molecule has 21 heavy (non-hydrogen) atoms. The van der Waals surface area contributed by atoms with Gasteiger partial charge in [-0.3, -0.25) is 0 Å². The van der Waals surface area contributed by atoms with Crippen LogP contribution in [0.2, 0.25) is 6.04 Å². The van der Waals surface area contributed by atoms with Gasteiger partial charge in [0.15, 0.2) is 0 Å². The maximum Gasteiger partial charge on any atom is 0.404 e. The first-order chi connectivity index (χ1) is 10.2. The van der Waals surface area contributed by atoms with Crippen molar-refractivity contribution in [2.75, 3.05) is 46.6 Å². The molecule has 0 aliphatic carbocycles. The van der Waals surface area contributed by atoms with Gasteiger partial charge in [-0.2, -0.15) is 0 Å². The van der Waals surface area contributed by atoms with E-state index < -0.39 is 15.4 Å². The maximum atomic E-state index is 5.88. The molecule has 3 N–H and O–H groups in total. The molecule has 0 heterocycles. The first-order valence-electron chi connectivity index (χ1n) is 7.59. The molecule has 0 unspecified atom stereocenters. The van der Waals surface area contributed by atoms with Crippen LogP contribution in [0.5, 0.6) is 0 Å². The van der Waals surface area contributed by atoms with Gasteiger partial charge >= 0.3 is 15.4 Å². The molecule has 127 valence electrons. The van der Waals surface area contributed by atoms with Crippen LogP contribution in [0.25, 0.3) is 0 Å². The molecule has 0 bridgehead atoms. The van der Waals surface area contributed by atoms with E-state index >= 15 is 0 Å². The van der Waals surface area contributed by atoms with Crippen LogP contribution in [0.1, 0.15) is 27.2 Å². The van der Waals surface area contributed by atoms with Gasteiger partial charge in [-0.15, -0.1) is 0 Å². The fourth-order valence-corrected chi connectivity index (χ4v) is 2.97. The Bertz CT molecular complexity index is 220. The zero-order valence-corrected chi connectivity index (χ0v) is 14.8. The van der Waals surface area contributed by atoms with Crippen LogP contribution >= 0.6 is 0 Å². The van der Waals surface area contributed by atoms with E-state index in [4.69, 9.17) is 28.8 Å². The second-order valence-electron chi connectivity index (χ2n) is 4.12. The number of nitrogens with two attached hydrogens (primary N) is 1. The lowest BCUT2D eigenvalue weighted by molar-refractivity contribution is -0.473. The predicted octanol–water partition coefficient (Wildman–Crippen LogP) is 0.797. The minimum absolute atomic E-state index is 0.427. The fraction of sp³-hybridized carbons (Fsp3) is 1.00. The lowest BCUT2D eigenvalue weighted by atomic mass is 10.5. The molecule has 0 amide bonds. The molecule has 0 spiro atoms. The Morgan fingerprint density at radius 1 is 1.00 bits per heavy atom. The van der Waals surface area contributed by atoms with Crippen LogP contribution in [0.15, 0.2) is 0 Å². The Morgan fingerprint density at radius 3 is 2.00 bits per heavy atom. The molecule has 0 aliphatic rings. The van der Waals surface area contributed by atoms with Crippen LogP contribution in [-0.2, 0) is 23.1 Å². The summed E-state index contributed by atoms with van der Waals surface area (Å²) in [5, 5.41) is 3.24. The van der Waals surface area contributed by atoms with Crippen molar-refractivity contribution in [3.8, 4) is 0 Å². The monoisotopic (exact) mass is 323 g/mol. The summed E-state index contributed by atoms with van der Waals surface area (Å²) < 4.78 is 27.9. The zero-order valence-electron chi connectivity index (χ0n) is 13.8. The van der Waals surface area contributed by atoms with E-state index in [1.807, 2.05) is 20.8 Å². The normalized spacial score (nSPS) is 12.3. The number of ether oxygens (including phenoxy) is 3. The van der Waals surface area contributed by atoms with E-state index in [1.165, 1.54) is 0 Å². The minimum Gasteiger partial charge on any atom is -0.397 e. The highest BCUT2D eigenvalue weighted by atomic mass is 28.3. The van der Waals surface area contributed by atoms with Gasteiger partial charge in [-0.05, 0) is 39.8 Å². The third kappa shape index (κ3) is 9.53. The van der Waals surface area contributed by atoms with Crippen molar-refractivity contribution in [3.05, 3.63) is 0 Å². The molecule has 1 radical (unpaired) electrons. The van der Waals surface area contributed by atoms with Gasteiger partial charge in [-0.25, -0.2) is 0 Å². The second-order valence-corrected chi connectivity index (χ2v) is 5.98. The van der Waals surface area contributed by atoms with Crippen molar-refractivity contribution in [3.63, 3.8) is 0 Å². The van der Waals surface area contributed by atoms with Crippen LogP contribution < -0.4 is 11.1 Å². The molecule has 8 heteroatoms. The Labute approximate surface area is 130 Å². The SMILES string of the molecule is CCOC(OCC)(OCC)O[Si](CCCNCCN)OC. The molecule has 0 atom stereocenters. The molecule has 7 nitrogen and oxygen atoms in total. The van der Waals surface area contributed by atoms with Gasteiger partial charge in [0.2, 0.25) is 0 Å². The maximum absolute atomic E-state index is 5.88. The van der Waals surface area contributed by atoms with E-state index in [0.29, 0.717) is 26.4 Å². The summed E-state index contributed by atoms with van der Waals surface area (Å²) in [4.78, 5) is 0. The summed E-state index contributed by atoms with van der Waals surface area (Å²) in [6.07, 6.45) is -0.518. The van der Waals surface area contributed by atoms with Crippen molar-refractivity contribution in [2.45, 2.75) is 39.4 Å². The van der Waals surface area contributed by atoms with Gasteiger partial charge in [-0.1, -0.05) is 0 Å². The zero-order chi connectivity index (χ0) is 16.0. The van der Waals surface area contributed by atoms with Crippen LogP contribution in [-0.4, -0.2) is 62.0 Å². The van der Waals surface area contributed by atoms with Crippen molar-refractivity contribution in [1.29, 1.82) is 0 Å². The Balaban J connectivity index is 4.39. The first-order valence-corrected chi connectivity index (χ1v) is 9.11. The predicted molar refractivity (Wildman–Crippen MR) is 82.8 cm³/mol. The highest BCUT2D eigenvalue weighted by Gasteiger charge is 2.39. The Hall–Kier alpha value is -0.0631. The number of rotatable bonds is 15. The van der Waals surface area contributed by atoms with Gasteiger partial charge in [0.05, 0.1) is 19.8 Å². The summed E-state index contributed by atoms with van der Waals surface area (Å²) >= 11 is 0. The van der Waals surface area contributed by atoms with Crippen molar-refractivity contribution >= 4 is 9.28 Å². The highest BCUT2D eigenvalue weighted by Crippen LogP contribution is 2.20. The number of nitrogens with one attached hydrogen (secondary N) is 1. The lowest BCUT2D eigenvalue weighted by Crippen LogP contribution is -2.47. The molecule has 0 aromatic carbocycles. The van der Waals surface area contributed by atoms with Crippen LogP contribution in [0.4, 0.5) is 0 Å².